The average Bonchev–Trinajstić information content (AvgIpc) is 2.48. The summed E-state index contributed by atoms with van der Waals surface area (Å²) in [6.45, 7) is 5.04. The van der Waals surface area contributed by atoms with E-state index in [-0.39, 0.29) is 0 Å². The van der Waals surface area contributed by atoms with Gasteiger partial charge in [0.15, 0.2) is 6.29 Å². The Balaban J connectivity index is 2.56. The normalized spacial score (nSPS) is 10.3. The molecule has 13 heavy (non-hydrogen) atoms. The first kappa shape index (κ1) is 9.92. The Morgan fingerprint density at radius 3 is 3.00 bits per heavy atom. The molecular weight excluding hydrogens is 168 g/mol. The summed E-state index contributed by atoms with van der Waals surface area (Å²) in [6, 6.07) is 0. The van der Waals surface area contributed by atoms with E-state index in [1.54, 1.807) is 10.9 Å². The first-order valence-corrected chi connectivity index (χ1v) is 4.35. The molecule has 0 unspecified atom stereocenters. The van der Waals surface area contributed by atoms with Crippen molar-refractivity contribution in [3.8, 4) is 0 Å². The summed E-state index contributed by atoms with van der Waals surface area (Å²) in [5, 5.41) is 4.02. The number of hydrogen-bond acceptors (Lipinski definition) is 3. The van der Waals surface area contributed by atoms with Crippen LogP contribution in [0.2, 0.25) is 0 Å². The van der Waals surface area contributed by atoms with E-state index in [4.69, 9.17) is 4.74 Å². The molecule has 4 nitrogen and oxygen atoms in total. The zero-order valence-corrected chi connectivity index (χ0v) is 7.99. The molecule has 72 valence electrons. The second-order valence-electron chi connectivity index (χ2n) is 2.84. The summed E-state index contributed by atoms with van der Waals surface area (Å²) in [4.78, 5) is 10.5. The molecule has 0 radical (unpaired) electrons. The molecule has 0 saturated heterocycles. The molecule has 0 N–H and O–H groups in total. The summed E-state index contributed by atoms with van der Waals surface area (Å²) < 4.78 is 6.97. The second-order valence-corrected chi connectivity index (χ2v) is 2.84. The Labute approximate surface area is 77.5 Å². The molecule has 1 rings (SSSR count). The van der Waals surface area contributed by atoms with Gasteiger partial charge in [0.2, 0.25) is 0 Å². The molecular formula is C9H14N2O2. The lowest BCUT2D eigenvalue weighted by Crippen LogP contribution is -2.06. The number of nitrogens with zero attached hydrogens (tertiary/aromatic N) is 2. The van der Waals surface area contributed by atoms with Gasteiger partial charge >= 0.3 is 0 Å². The van der Waals surface area contributed by atoms with Crippen molar-refractivity contribution in [1.82, 2.24) is 9.78 Å². The lowest BCUT2D eigenvalue weighted by atomic mass is 10.3. The van der Waals surface area contributed by atoms with Gasteiger partial charge in [-0.05, 0) is 13.3 Å². The molecule has 0 aliphatic rings. The van der Waals surface area contributed by atoms with Gasteiger partial charge in [-0.2, -0.15) is 5.10 Å². The van der Waals surface area contributed by atoms with Gasteiger partial charge in [-0.25, -0.2) is 4.68 Å². The van der Waals surface area contributed by atoms with Crippen molar-refractivity contribution in [1.29, 1.82) is 0 Å². The van der Waals surface area contributed by atoms with Crippen LogP contribution >= 0.6 is 0 Å². The van der Waals surface area contributed by atoms with Gasteiger partial charge in [-0.3, -0.25) is 4.79 Å². The molecule has 1 aromatic heterocycles. The van der Waals surface area contributed by atoms with E-state index < -0.39 is 0 Å². The van der Waals surface area contributed by atoms with Gasteiger partial charge < -0.3 is 4.74 Å². The number of aldehydes is 1. The third kappa shape index (κ3) is 2.39. The molecule has 0 amide bonds. The summed E-state index contributed by atoms with van der Waals surface area (Å²) in [6.07, 6.45) is 3.34. The molecule has 1 aromatic rings. The summed E-state index contributed by atoms with van der Waals surface area (Å²) in [7, 11) is 0. The molecule has 0 aliphatic heterocycles. The zero-order valence-electron chi connectivity index (χ0n) is 7.99. The van der Waals surface area contributed by atoms with Crippen LogP contribution in [0, 0.1) is 6.92 Å². The number of aromatic nitrogens is 2. The van der Waals surface area contributed by atoms with Crippen LogP contribution in [0.15, 0.2) is 6.20 Å². The van der Waals surface area contributed by atoms with Crippen molar-refractivity contribution in [2.75, 3.05) is 6.61 Å². The van der Waals surface area contributed by atoms with Crippen molar-refractivity contribution in [2.45, 2.75) is 27.0 Å². The average molecular weight is 182 g/mol. The SMILES string of the molecule is CCCOCn1ncc(C=O)c1C. The molecule has 0 spiro atoms. The topological polar surface area (TPSA) is 44.1 Å². The van der Waals surface area contributed by atoms with Gasteiger partial charge in [0.1, 0.15) is 6.73 Å². The summed E-state index contributed by atoms with van der Waals surface area (Å²) >= 11 is 0. The van der Waals surface area contributed by atoms with Crippen LogP contribution in [0.25, 0.3) is 0 Å². The predicted molar refractivity (Wildman–Crippen MR) is 48.6 cm³/mol. The quantitative estimate of drug-likeness (QED) is 0.510. The Bertz CT molecular complexity index is 281. The van der Waals surface area contributed by atoms with Crippen molar-refractivity contribution in [3.63, 3.8) is 0 Å². The third-order valence-corrected chi connectivity index (χ3v) is 1.83. The first-order chi connectivity index (χ1) is 6.29. The standard InChI is InChI=1S/C9H14N2O2/c1-3-4-13-7-11-8(2)9(6-12)5-10-11/h5-6H,3-4,7H2,1-2H3. The minimum absolute atomic E-state index is 0.424. The maximum atomic E-state index is 10.5. The second kappa shape index (κ2) is 4.77. The van der Waals surface area contributed by atoms with Crippen LogP contribution in [-0.4, -0.2) is 22.7 Å². The smallest absolute Gasteiger partial charge is 0.153 e. The highest BCUT2D eigenvalue weighted by molar-refractivity contribution is 5.75. The molecule has 1 heterocycles. The molecule has 0 aromatic carbocycles. The number of ether oxygens (including phenoxy) is 1. The Morgan fingerprint density at radius 1 is 1.69 bits per heavy atom. The lowest BCUT2D eigenvalue weighted by Gasteiger charge is -2.04. The molecule has 0 aliphatic carbocycles. The van der Waals surface area contributed by atoms with E-state index in [1.807, 2.05) is 13.8 Å². The van der Waals surface area contributed by atoms with E-state index >= 15 is 0 Å². The fourth-order valence-electron chi connectivity index (χ4n) is 1.00. The van der Waals surface area contributed by atoms with Crippen molar-refractivity contribution in [3.05, 3.63) is 17.5 Å². The van der Waals surface area contributed by atoms with E-state index in [0.717, 1.165) is 25.0 Å². The number of carbonyl (C=O) groups is 1. The number of carbonyl (C=O) groups excluding carboxylic acids is 1. The monoisotopic (exact) mass is 182 g/mol. The molecule has 0 fully saturated rings. The minimum atomic E-state index is 0.424. The largest absolute Gasteiger partial charge is 0.359 e. The van der Waals surface area contributed by atoms with Crippen molar-refractivity contribution in [2.24, 2.45) is 0 Å². The minimum Gasteiger partial charge on any atom is -0.359 e. The van der Waals surface area contributed by atoms with Gasteiger partial charge in [0, 0.05) is 12.3 Å². The highest BCUT2D eigenvalue weighted by Gasteiger charge is 2.03. The molecule has 0 bridgehead atoms. The van der Waals surface area contributed by atoms with Gasteiger partial charge in [0.25, 0.3) is 0 Å². The Kier molecular flexibility index (Phi) is 3.64. The fraction of sp³-hybridized carbons (Fsp3) is 0.556. The summed E-state index contributed by atoms with van der Waals surface area (Å²) in [5.41, 5.74) is 1.48. The first-order valence-electron chi connectivity index (χ1n) is 4.35. The Hall–Kier alpha value is -1.16. The van der Waals surface area contributed by atoms with E-state index in [9.17, 15) is 4.79 Å². The number of rotatable bonds is 5. The molecule has 0 atom stereocenters. The van der Waals surface area contributed by atoms with E-state index in [0.29, 0.717) is 12.3 Å². The highest BCUT2D eigenvalue weighted by Crippen LogP contribution is 2.03. The van der Waals surface area contributed by atoms with Crippen LogP contribution in [0.3, 0.4) is 0 Å². The van der Waals surface area contributed by atoms with Crippen LogP contribution in [0.4, 0.5) is 0 Å². The molecule has 4 heteroatoms. The maximum Gasteiger partial charge on any atom is 0.153 e. The van der Waals surface area contributed by atoms with E-state index in [1.165, 1.54) is 0 Å². The summed E-state index contributed by atoms with van der Waals surface area (Å²) in [5.74, 6) is 0. The van der Waals surface area contributed by atoms with Crippen molar-refractivity contribution >= 4 is 6.29 Å². The van der Waals surface area contributed by atoms with E-state index in [2.05, 4.69) is 5.10 Å². The maximum absolute atomic E-state index is 10.5. The van der Waals surface area contributed by atoms with Gasteiger partial charge in [-0.15, -0.1) is 0 Å². The molecule has 0 saturated carbocycles. The van der Waals surface area contributed by atoms with Gasteiger partial charge in [0.05, 0.1) is 11.8 Å². The van der Waals surface area contributed by atoms with Crippen LogP contribution in [0.1, 0.15) is 29.4 Å². The van der Waals surface area contributed by atoms with Crippen LogP contribution in [-0.2, 0) is 11.5 Å². The number of hydrogen-bond donors (Lipinski definition) is 0. The van der Waals surface area contributed by atoms with Crippen LogP contribution in [0.5, 0.6) is 0 Å². The van der Waals surface area contributed by atoms with Gasteiger partial charge in [-0.1, -0.05) is 6.92 Å². The lowest BCUT2D eigenvalue weighted by molar-refractivity contribution is 0.0679. The fourth-order valence-corrected chi connectivity index (χ4v) is 1.00. The third-order valence-electron chi connectivity index (χ3n) is 1.83. The predicted octanol–water partition coefficient (Wildman–Crippen LogP) is 1.39. The zero-order chi connectivity index (χ0) is 9.68. The van der Waals surface area contributed by atoms with Crippen molar-refractivity contribution < 1.29 is 9.53 Å². The Morgan fingerprint density at radius 2 is 2.46 bits per heavy atom. The van der Waals surface area contributed by atoms with Crippen LogP contribution < -0.4 is 0 Å². The highest BCUT2D eigenvalue weighted by atomic mass is 16.5.